The SMILES string of the molecule is O=C(O)c1ccc(S(=O)(=O)NCCc2nccs2)c(Br)c1. The van der Waals surface area contributed by atoms with Crippen molar-refractivity contribution < 1.29 is 18.3 Å². The highest BCUT2D eigenvalue weighted by atomic mass is 79.9. The molecule has 0 amide bonds. The van der Waals surface area contributed by atoms with Crippen LogP contribution in [0.2, 0.25) is 0 Å². The lowest BCUT2D eigenvalue weighted by Crippen LogP contribution is -2.26. The van der Waals surface area contributed by atoms with E-state index in [1.165, 1.54) is 29.5 Å². The number of sulfonamides is 1. The minimum Gasteiger partial charge on any atom is -0.478 e. The Kier molecular flexibility index (Phi) is 5.09. The van der Waals surface area contributed by atoms with Gasteiger partial charge < -0.3 is 5.11 Å². The predicted octanol–water partition coefficient (Wildman–Crippen LogP) is 2.12. The van der Waals surface area contributed by atoms with Crippen LogP contribution in [0.5, 0.6) is 0 Å². The fourth-order valence-corrected chi connectivity index (χ4v) is 4.33. The van der Waals surface area contributed by atoms with Crippen LogP contribution in [0.1, 0.15) is 15.4 Å². The lowest BCUT2D eigenvalue weighted by Gasteiger charge is -2.08. The Morgan fingerprint density at radius 3 is 2.76 bits per heavy atom. The summed E-state index contributed by atoms with van der Waals surface area (Å²) >= 11 is 4.55. The van der Waals surface area contributed by atoms with Gasteiger partial charge in [0.05, 0.1) is 15.5 Å². The van der Waals surface area contributed by atoms with Gasteiger partial charge >= 0.3 is 5.97 Å². The highest BCUT2D eigenvalue weighted by Gasteiger charge is 2.18. The molecule has 0 aliphatic heterocycles. The van der Waals surface area contributed by atoms with Crippen molar-refractivity contribution in [2.24, 2.45) is 0 Å². The molecule has 2 N–H and O–H groups in total. The molecule has 0 bridgehead atoms. The van der Waals surface area contributed by atoms with E-state index in [0.717, 1.165) is 5.01 Å². The molecule has 0 unspecified atom stereocenters. The van der Waals surface area contributed by atoms with Crippen LogP contribution in [0.25, 0.3) is 0 Å². The van der Waals surface area contributed by atoms with Gasteiger partial charge in [0.1, 0.15) is 0 Å². The minimum atomic E-state index is -3.70. The maximum atomic E-state index is 12.2. The second-order valence-electron chi connectivity index (χ2n) is 4.02. The van der Waals surface area contributed by atoms with E-state index in [0.29, 0.717) is 6.42 Å². The van der Waals surface area contributed by atoms with E-state index >= 15 is 0 Å². The topological polar surface area (TPSA) is 96.4 Å². The number of halogens is 1. The summed E-state index contributed by atoms with van der Waals surface area (Å²) in [5.74, 6) is -1.11. The molecular formula is C12H11BrN2O4S2. The monoisotopic (exact) mass is 390 g/mol. The van der Waals surface area contributed by atoms with Crippen LogP contribution in [0.15, 0.2) is 39.1 Å². The zero-order valence-electron chi connectivity index (χ0n) is 10.6. The molecule has 1 heterocycles. The number of thiazole rings is 1. The van der Waals surface area contributed by atoms with Crippen molar-refractivity contribution >= 4 is 43.3 Å². The maximum Gasteiger partial charge on any atom is 0.335 e. The largest absolute Gasteiger partial charge is 0.478 e. The zero-order chi connectivity index (χ0) is 15.5. The molecule has 0 aliphatic carbocycles. The first-order chi connectivity index (χ1) is 9.90. The van der Waals surface area contributed by atoms with Crippen LogP contribution in [-0.4, -0.2) is 31.0 Å². The number of rotatable bonds is 6. The number of nitrogens with one attached hydrogen (secondary N) is 1. The van der Waals surface area contributed by atoms with Crippen LogP contribution in [0, 0.1) is 0 Å². The Morgan fingerprint density at radius 2 is 2.19 bits per heavy atom. The lowest BCUT2D eigenvalue weighted by atomic mass is 10.2. The van der Waals surface area contributed by atoms with Gasteiger partial charge in [0.15, 0.2) is 0 Å². The lowest BCUT2D eigenvalue weighted by molar-refractivity contribution is 0.0696. The first kappa shape index (κ1) is 16.1. The summed E-state index contributed by atoms with van der Waals surface area (Å²) in [7, 11) is -3.70. The van der Waals surface area contributed by atoms with Crippen LogP contribution < -0.4 is 4.72 Å². The molecule has 21 heavy (non-hydrogen) atoms. The number of nitrogens with zero attached hydrogens (tertiary/aromatic N) is 1. The second-order valence-corrected chi connectivity index (χ2v) is 7.59. The van der Waals surface area contributed by atoms with Crippen molar-refractivity contribution in [2.45, 2.75) is 11.3 Å². The summed E-state index contributed by atoms with van der Waals surface area (Å²) in [5.41, 5.74) is 0.0172. The van der Waals surface area contributed by atoms with E-state index in [4.69, 9.17) is 5.11 Å². The van der Waals surface area contributed by atoms with Crippen LogP contribution in [-0.2, 0) is 16.4 Å². The van der Waals surface area contributed by atoms with Crippen LogP contribution in [0.4, 0.5) is 0 Å². The number of benzene rings is 1. The van der Waals surface area contributed by atoms with E-state index in [1.54, 1.807) is 6.20 Å². The van der Waals surface area contributed by atoms with Gasteiger partial charge in [0, 0.05) is 29.0 Å². The number of hydrogen-bond donors (Lipinski definition) is 2. The maximum absolute atomic E-state index is 12.2. The average Bonchev–Trinajstić information content (AvgIpc) is 2.91. The Morgan fingerprint density at radius 1 is 1.43 bits per heavy atom. The first-order valence-corrected chi connectivity index (χ1v) is 8.96. The van der Waals surface area contributed by atoms with Gasteiger partial charge in [-0.15, -0.1) is 11.3 Å². The molecule has 112 valence electrons. The third kappa shape index (κ3) is 4.10. The summed E-state index contributed by atoms with van der Waals surface area (Å²) in [6.45, 7) is 0.225. The molecule has 9 heteroatoms. The van der Waals surface area contributed by atoms with Gasteiger partial charge in [-0.25, -0.2) is 22.9 Å². The van der Waals surface area contributed by atoms with E-state index < -0.39 is 16.0 Å². The Bertz CT molecular complexity index is 745. The molecule has 1 aromatic carbocycles. The molecular weight excluding hydrogens is 380 g/mol. The van der Waals surface area contributed by atoms with Gasteiger partial charge in [0.2, 0.25) is 10.0 Å². The number of carbonyl (C=O) groups is 1. The third-order valence-corrected chi connectivity index (χ3v) is 5.86. The molecule has 1 aromatic heterocycles. The number of carboxylic acid groups (broad SMARTS) is 1. The summed E-state index contributed by atoms with van der Waals surface area (Å²) in [5, 5.41) is 11.5. The standard InChI is InChI=1S/C12H11BrN2O4S2/c13-9-7-8(12(16)17)1-2-10(9)21(18,19)15-4-3-11-14-5-6-20-11/h1-2,5-7,15H,3-4H2,(H,16,17). The molecule has 0 fully saturated rings. The fourth-order valence-electron chi connectivity index (χ4n) is 1.60. The van der Waals surface area contributed by atoms with Crippen molar-refractivity contribution in [3.63, 3.8) is 0 Å². The highest BCUT2D eigenvalue weighted by molar-refractivity contribution is 9.10. The molecule has 6 nitrogen and oxygen atoms in total. The summed E-state index contributed by atoms with van der Waals surface area (Å²) < 4.78 is 27.0. The molecule has 2 rings (SSSR count). The molecule has 2 aromatic rings. The van der Waals surface area contributed by atoms with Gasteiger partial charge in [-0.05, 0) is 34.1 Å². The Balaban J connectivity index is 2.10. The first-order valence-electron chi connectivity index (χ1n) is 5.81. The van der Waals surface area contributed by atoms with E-state index in [-0.39, 0.29) is 21.5 Å². The normalized spacial score (nSPS) is 11.5. The smallest absolute Gasteiger partial charge is 0.335 e. The number of carboxylic acids is 1. The van der Waals surface area contributed by atoms with Crippen molar-refractivity contribution in [2.75, 3.05) is 6.54 Å². The number of aromatic nitrogens is 1. The minimum absolute atomic E-state index is 0.00615. The molecule has 0 saturated heterocycles. The van der Waals surface area contributed by atoms with Crippen molar-refractivity contribution in [3.8, 4) is 0 Å². The number of hydrogen-bond acceptors (Lipinski definition) is 5. The second kappa shape index (κ2) is 6.65. The molecule has 0 radical (unpaired) electrons. The van der Waals surface area contributed by atoms with Crippen LogP contribution >= 0.6 is 27.3 Å². The fraction of sp³-hybridized carbons (Fsp3) is 0.167. The van der Waals surface area contributed by atoms with Gasteiger partial charge in [-0.3, -0.25) is 0 Å². The van der Waals surface area contributed by atoms with Gasteiger partial charge in [-0.1, -0.05) is 0 Å². The summed E-state index contributed by atoms with van der Waals surface area (Å²) in [6, 6.07) is 3.78. The zero-order valence-corrected chi connectivity index (χ0v) is 13.8. The quantitative estimate of drug-likeness (QED) is 0.787. The molecule has 0 saturated carbocycles. The van der Waals surface area contributed by atoms with E-state index in [9.17, 15) is 13.2 Å². The van der Waals surface area contributed by atoms with E-state index in [2.05, 4.69) is 25.6 Å². The van der Waals surface area contributed by atoms with Crippen molar-refractivity contribution in [1.82, 2.24) is 9.71 Å². The van der Waals surface area contributed by atoms with Gasteiger partial charge in [-0.2, -0.15) is 0 Å². The van der Waals surface area contributed by atoms with Crippen molar-refractivity contribution in [3.05, 3.63) is 44.8 Å². The third-order valence-electron chi connectivity index (χ3n) is 2.58. The average molecular weight is 391 g/mol. The Labute approximate surface area is 134 Å². The molecule has 0 atom stereocenters. The molecule has 0 aliphatic rings. The number of aromatic carboxylic acids is 1. The van der Waals surface area contributed by atoms with Crippen molar-refractivity contribution in [1.29, 1.82) is 0 Å². The highest BCUT2D eigenvalue weighted by Crippen LogP contribution is 2.23. The molecule has 0 spiro atoms. The van der Waals surface area contributed by atoms with Crippen LogP contribution in [0.3, 0.4) is 0 Å². The van der Waals surface area contributed by atoms with Gasteiger partial charge in [0.25, 0.3) is 0 Å². The predicted molar refractivity (Wildman–Crippen MR) is 82.1 cm³/mol. The summed E-state index contributed by atoms with van der Waals surface area (Å²) in [6.07, 6.45) is 2.16. The Hall–Kier alpha value is -1.29. The van der Waals surface area contributed by atoms with E-state index in [1.807, 2.05) is 5.38 Å². The summed E-state index contributed by atoms with van der Waals surface area (Å²) in [4.78, 5) is 14.9.